The zero-order valence-electron chi connectivity index (χ0n) is 12.0. The lowest BCUT2D eigenvalue weighted by molar-refractivity contribution is -0.121. The van der Waals surface area contributed by atoms with Gasteiger partial charge in [0.15, 0.2) is 0 Å². The van der Waals surface area contributed by atoms with E-state index in [4.69, 9.17) is 0 Å². The van der Waals surface area contributed by atoms with Gasteiger partial charge in [-0.3, -0.25) is 4.79 Å². The molecule has 1 aromatic carbocycles. The summed E-state index contributed by atoms with van der Waals surface area (Å²) in [6, 6.07) is 10.4. The first-order valence-corrected chi connectivity index (χ1v) is 7.90. The predicted octanol–water partition coefficient (Wildman–Crippen LogP) is 3.71. The van der Waals surface area contributed by atoms with E-state index in [0.717, 1.165) is 12.8 Å². The van der Waals surface area contributed by atoms with E-state index in [1.165, 1.54) is 12.0 Å². The average Bonchev–Trinajstić information content (AvgIpc) is 2.31. The van der Waals surface area contributed by atoms with Crippen LogP contribution in [0.3, 0.4) is 0 Å². The second-order valence-electron chi connectivity index (χ2n) is 6.25. The van der Waals surface area contributed by atoms with Gasteiger partial charge in [0, 0.05) is 4.75 Å². The van der Waals surface area contributed by atoms with Gasteiger partial charge in [0.05, 0.1) is 11.3 Å². The van der Waals surface area contributed by atoms with Crippen LogP contribution in [0.15, 0.2) is 30.3 Å². The molecule has 1 amide bonds. The van der Waals surface area contributed by atoms with Crippen molar-refractivity contribution in [1.29, 1.82) is 0 Å². The predicted molar refractivity (Wildman–Crippen MR) is 82.3 cm³/mol. The molecule has 1 saturated carbocycles. The Morgan fingerprint density at radius 2 is 1.89 bits per heavy atom. The highest BCUT2D eigenvalue weighted by molar-refractivity contribution is 8.01. The number of hydrogen-bond acceptors (Lipinski definition) is 2. The van der Waals surface area contributed by atoms with Crippen molar-refractivity contribution >= 4 is 17.7 Å². The summed E-state index contributed by atoms with van der Waals surface area (Å²) in [6.07, 6.45) is 3.31. The summed E-state index contributed by atoms with van der Waals surface area (Å²) in [5.74, 6) is 0.696. The van der Waals surface area contributed by atoms with E-state index in [-0.39, 0.29) is 16.2 Å². The lowest BCUT2D eigenvalue weighted by Crippen LogP contribution is -2.51. The third-order valence-electron chi connectivity index (χ3n) is 3.55. The molecule has 0 unspecified atom stereocenters. The number of carbonyl (C=O) groups is 1. The molecule has 1 aliphatic carbocycles. The molecule has 1 fully saturated rings. The van der Waals surface area contributed by atoms with E-state index in [9.17, 15) is 4.79 Å². The smallest absolute Gasteiger partial charge is 0.230 e. The molecule has 0 saturated heterocycles. The largest absolute Gasteiger partial charge is 0.346 e. The number of carbonyl (C=O) groups excluding carboxylic acids is 1. The zero-order valence-corrected chi connectivity index (χ0v) is 12.8. The Morgan fingerprint density at radius 3 is 2.37 bits per heavy atom. The van der Waals surface area contributed by atoms with Gasteiger partial charge in [0.1, 0.15) is 0 Å². The molecule has 2 rings (SSSR count). The Balaban J connectivity index is 1.98. The highest BCUT2D eigenvalue weighted by Gasteiger charge is 2.39. The summed E-state index contributed by atoms with van der Waals surface area (Å²) in [7, 11) is 0. The average molecular weight is 277 g/mol. The van der Waals surface area contributed by atoms with Crippen LogP contribution in [0, 0.1) is 0 Å². The van der Waals surface area contributed by atoms with E-state index in [1.54, 1.807) is 11.8 Å². The summed E-state index contributed by atoms with van der Waals surface area (Å²) < 4.78 is 0.136. The maximum absolute atomic E-state index is 12.1. The molecule has 0 aliphatic heterocycles. The van der Waals surface area contributed by atoms with Gasteiger partial charge in [-0.25, -0.2) is 0 Å². The number of amides is 1. The molecular formula is C16H23NOS. The SMILES string of the molecule is CC(C)(C)SCC(=O)NC1(c2ccccc2)CCC1. The van der Waals surface area contributed by atoms with Crippen LogP contribution in [0.5, 0.6) is 0 Å². The van der Waals surface area contributed by atoms with Crippen molar-refractivity contribution in [3.63, 3.8) is 0 Å². The second kappa shape index (κ2) is 5.58. The van der Waals surface area contributed by atoms with Crippen LogP contribution >= 0.6 is 11.8 Å². The van der Waals surface area contributed by atoms with Crippen molar-refractivity contribution in [2.75, 3.05) is 5.75 Å². The second-order valence-corrected chi connectivity index (χ2v) is 8.05. The van der Waals surface area contributed by atoms with Crippen LogP contribution in [0.1, 0.15) is 45.6 Å². The third-order valence-corrected chi connectivity index (χ3v) is 4.82. The maximum atomic E-state index is 12.1. The van der Waals surface area contributed by atoms with Gasteiger partial charge in [0.2, 0.25) is 5.91 Å². The minimum absolute atomic E-state index is 0.100. The zero-order chi connectivity index (χ0) is 13.9. The molecule has 0 heterocycles. The molecule has 19 heavy (non-hydrogen) atoms. The topological polar surface area (TPSA) is 29.1 Å². The van der Waals surface area contributed by atoms with Crippen LogP contribution in [0.2, 0.25) is 0 Å². The number of benzene rings is 1. The molecule has 1 N–H and O–H groups in total. The number of thioether (sulfide) groups is 1. The fourth-order valence-electron chi connectivity index (χ4n) is 2.36. The monoisotopic (exact) mass is 277 g/mol. The van der Waals surface area contributed by atoms with Gasteiger partial charge in [-0.2, -0.15) is 0 Å². The van der Waals surface area contributed by atoms with Gasteiger partial charge < -0.3 is 5.32 Å². The standard InChI is InChI=1S/C16H23NOS/c1-15(2,3)19-12-14(18)17-16(10-7-11-16)13-8-5-4-6-9-13/h4-6,8-9H,7,10-12H2,1-3H3,(H,17,18). The highest BCUT2D eigenvalue weighted by Crippen LogP contribution is 2.41. The molecule has 1 aromatic rings. The Bertz CT molecular complexity index is 432. The first-order valence-electron chi connectivity index (χ1n) is 6.92. The van der Waals surface area contributed by atoms with E-state index < -0.39 is 0 Å². The highest BCUT2D eigenvalue weighted by atomic mass is 32.2. The van der Waals surface area contributed by atoms with E-state index in [1.807, 2.05) is 18.2 Å². The van der Waals surface area contributed by atoms with Gasteiger partial charge in [-0.1, -0.05) is 51.1 Å². The molecule has 1 aliphatic rings. The third kappa shape index (κ3) is 3.75. The lowest BCUT2D eigenvalue weighted by atomic mass is 9.72. The molecule has 0 atom stereocenters. The Hall–Kier alpha value is -0.960. The molecule has 2 nitrogen and oxygen atoms in total. The normalized spacial score (nSPS) is 17.6. The Labute approximate surface area is 120 Å². The molecular weight excluding hydrogens is 254 g/mol. The fourth-order valence-corrected chi connectivity index (χ4v) is 2.99. The van der Waals surface area contributed by atoms with Crippen molar-refractivity contribution in [1.82, 2.24) is 5.32 Å². The first kappa shape index (κ1) is 14.4. The van der Waals surface area contributed by atoms with Crippen LogP contribution in [0.25, 0.3) is 0 Å². The fraction of sp³-hybridized carbons (Fsp3) is 0.562. The van der Waals surface area contributed by atoms with Crippen molar-refractivity contribution in [3.05, 3.63) is 35.9 Å². The van der Waals surface area contributed by atoms with Crippen molar-refractivity contribution in [3.8, 4) is 0 Å². The van der Waals surface area contributed by atoms with E-state index >= 15 is 0 Å². The van der Waals surface area contributed by atoms with Crippen LogP contribution in [0.4, 0.5) is 0 Å². The summed E-state index contributed by atoms with van der Waals surface area (Å²) in [4.78, 5) is 12.1. The Morgan fingerprint density at radius 1 is 1.26 bits per heavy atom. The molecule has 0 spiro atoms. The number of nitrogens with one attached hydrogen (secondary N) is 1. The Kier molecular flexibility index (Phi) is 4.24. The van der Waals surface area contributed by atoms with Crippen LogP contribution < -0.4 is 5.32 Å². The minimum Gasteiger partial charge on any atom is -0.346 e. The van der Waals surface area contributed by atoms with Gasteiger partial charge in [0.25, 0.3) is 0 Å². The van der Waals surface area contributed by atoms with Crippen molar-refractivity contribution in [2.24, 2.45) is 0 Å². The maximum Gasteiger partial charge on any atom is 0.230 e. The summed E-state index contributed by atoms with van der Waals surface area (Å²) >= 11 is 1.70. The summed E-state index contributed by atoms with van der Waals surface area (Å²) in [5, 5.41) is 3.26. The van der Waals surface area contributed by atoms with E-state index in [0.29, 0.717) is 5.75 Å². The number of hydrogen-bond donors (Lipinski definition) is 1. The molecule has 3 heteroatoms. The molecule has 0 bridgehead atoms. The molecule has 0 aromatic heterocycles. The van der Waals surface area contributed by atoms with E-state index in [2.05, 4.69) is 38.2 Å². The molecule has 0 radical (unpaired) electrons. The minimum atomic E-state index is -0.100. The van der Waals surface area contributed by atoms with Gasteiger partial charge in [-0.15, -0.1) is 11.8 Å². The lowest BCUT2D eigenvalue weighted by Gasteiger charge is -2.43. The quantitative estimate of drug-likeness (QED) is 0.909. The van der Waals surface area contributed by atoms with Gasteiger partial charge in [-0.05, 0) is 24.8 Å². The first-order chi connectivity index (χ1) is 8.91. The van der Waals surface area contributed by atoms with Crippen LogP contribution in [-0.2, 0) is 10.3 Å². The number of rotatable bonds is 4. The van der Waals surface area contributed by atoms with Crippen LogP contribution in [-0.4, -0.2) is 16.4 Å². The van der Waals surface area contributed by atoms with Gasteiger partial charge >= 0.3 is 0 Å². The molecule has 104 valence electrons. The van der Waals surface area contributed by atoms with Crippen molar-refractivity contribution in [2.45, 2.75) is 50.3 Å². The summed E-state index contributed by atoms with van der Waals surface area (Å²) in [6.45, 7) is 6.42. The summed E-state index contributed by atoms with van der Waals surface area (Å²) in [5.41, 5.74) is 1.15. The van der Waals surface area contributed by atoms with Crippen molar-refractivity contribution < 1.29 is 4.79 Å².